The predicted octanol–water partition coefficient (Wildman–Crippen LogP) is 1.05. The molecule has 0 saturated carbocycles. The van der Waals surface area contributed by atoms with Gasteiger partial charge in [0, 0.05) is 6.42 Å². The van der Waals surface area contributed by atoms with E-state index in [-0.39, 0.29) is 6.42 Å². The van der Waals surface area contributed by atoms with E-state index in [4.69, 9.17) is 5.11 Å². The summed E-state index contributed by atoms with van der Waals surface area (Å²) in [5.74, 6) is -0.807. The van der Waals surface area contributed by atoms with Crippen molar-refractivity contribution in [1.82, 2.24) is 14.6 Å². The van der Waals surface area contributed by atoms with Crippen LogP contribution < -0.4 is 0 Å². The second kappa shape index (κ2) is 3.68. The van der Waals surface area contributed by atoms with E-state index in [9.17, 15) is 4.79 Å². The van der Waals surface area contributed by atoms with Crippen LogP contribution in [0.15, 0.2) is 18.3 Å². The fourth-order valence-electron chi connectivity index (χ4n) is 1.41. The molecule has 0 unspecified atom stereocenters. The van der Waals surface area contributed by atoms with Crippen molar-refractivity contribution in [2.24, 2.45) is 0 Å². The summed E-state index contributed by atoms with van der Waals surface area (Å²) in [6.07, 6.45) is 2.37. The fourth-order valence-corrected chi connectivity index (χ4v) is 1.41. The van der Waals surface area contributed by atoms with Gasteiger partial charge >= 0.3 is 5.97 Å². The van der Waals surface area contributed by atoms with Gasteiger partial charge in [-0.1, -0.05) is 0 Å². The summed E-state index contributed by atoms with van der Waals surface area (Å²) in [7, 11) is 0. The number of fused-ring (bicyclic) bond motifs is 1. The minimum Gasteiger partial charge on any atom is -0.481 e. The molecule has 2 aromatic rings. The van der Waals surface area contributed by atoms with Crippen LogP contribution in [0.5, 0.6) is 0 Å². The van der Waals surface area contributed by atoms with Gasteiger partial charge in [-0.25, -0.2) is 9.50 Å². The predicted molar refractivity (Wildman–Crippen MR) is 53.7 cm³/mol. The molecule has 15 heavy (non-hydrogen) atoms. The first kappa shape index (κ1) is 9.64. The van der Waals surface area contributed by atoms with Gasteiger partial charge in [0.1, 0.15) is 0 Å². The summed E-state index contributed by atoms with van der Waals surface area (Å²) in [6, 6.07) is 3.65. The SMILES string of the molecule is Cc1cn2nc(CCC(=O)O)ccc2n1. The largest absolute Gasteiger partial charge is 0.481 e. The van der Waals surface area contributed by atoms with Gasteiger partial charge in [0.15, 0.2) is 5.65 Å². The van der Waals surface area contributed by atoms with Crippen LogP contribution in [0, 0.1) is 6.92 Å². The summed E-state index contributed by atoms with van der Waals surface area (Å²) in [6.45, 7) is 1.89. The zero-order valence-electron chi connectivity index (χ0n) is 8.34. The topological polar surface area (TPSA) is 67.5 Å². The van der Waals surface area contributed by atoms with Gasteiger partial charge in [-0.3, -0.25) is 4.79 Å². The van der Waals surface area contributed by atoms with Crippen molar-refractivity contribution in [2.75, 3.05) is 0 Å². The van der Waals surface area contributed by atoms with E-state index in [1.165, 1.54) is 0 Å². The standard InChI is InChI=1S/C10H11N3O2/c1-7-6-13-9(11-7)4-2-8(12-13)3-5-10(14)15/h2,4,6H,3,5H2,1H3,(H,14,15). The van der Waals surface area contributed by atoms with Gasteiger partial charge in [-0.15, -0.1) is 0 Å². The lowest BCUT2D eigenvalue weighted by molar-refractivity contribution is -0.136. The van der Waals surface area contributed by atoms with Crippen molar-refractivity contribution in [2.45, 2.75) is 19.8 Å². The number of hydrogen-bond acceptors (Lipinski definition) is 3. The highest BCUT2D eigenvalue weighted by Gasteiger charge is 2.03. The van der Waals surface area contributed by atoms with Gasteiger partial charge in [-0.2, -0.15) is 5.10 Å². The maximum absolute atomic E-state index is 10.4. The van der Waals surface area contributed by atoms with E-state index < -0.39 is 5.97 Å². The molecule has 0 aliphatic rings. The molecule has 0 radical (unpaired) electrons. The van der Waals surface area contributed by atoms with E-state index in [1.807, 2.05) is 25.3 Å². The first-order valence-electron chi connectivity index (χ1n) is 4.69. The molecular formula is C10H11N3O2. The Balaban J connectivity index is 2.26. The lowest BCUT2D eigenvalue weighted by atomic mass is 10.2. The number of carbonyl (C=O) groups is 1. The average molecular weight is 205 g/mol. The van der Waals surface area contributed by atoms with Crippen LogP contribution in [0.2, 0.25) is 0 Å². The van der Waals surface area contributed by atoms with E-state index >= 15 is 0 Å². The smallest absolute Gasteiger partial charge is 0.303 e. The zero-order valence-corrected chi connectivity index (χ0v) is 8.34. The Morgan fingerprint density at radius 2 is 2.33 bits per heavy atom. The highest BCUT2D eigenvalue weighted by molar-refractivity contribution is 5.66. The molecule has 2 aromatic heterocycles. The van der Waals surface area contributed by atoms with Crippen molar-refractivity contribution in [3.8, 4) is 0 Å². The molecule has 0 amide bonds. The van der Waals surface area contributed by atoms with Crippen molar-refractivity contribution in [3.05, 3.63) is 29.7 Å². The lowest BCUT2D eigenvalue weighted by Gasteiger charge is -1.98. The Bertz CT molecular complexity index is 504. The molecular weight excluding hydrogens is 194 g/mol. The molecule has 5 heteroatoms. The number of aromatic nitrogens is 3. The van der Waals surface area contributed by atoms with Crippen molar-refractivity contribution in [1.29, 1.82) is 0 Å². The molecule has 0 saturated heterocycles. The first-order valence-corrected chi connectivity index (χ1v) is 4.69. The van der Waals surface area contributed by atoms with Crippen LogP contribution in [0.1, 0.15) is 17.8 Å². The highest BCUT2D eigenvalue weighted by Crippen LogP contribution is 2.05. The number of aryl methyl sites for hydroxylation is 2. The van der Waals surface area contributed by atoms with E-state index in [2.05, 4.69) is 10.1 Å². The Morgan fingerprint density at radius 1 is 1.53 bits per heavy atom. The number of aliphatic carboxylic acids is 1. The minimum atomic E-state index is -0.807. The van der Waals surface area contributed by atoms with Crippen LogP contribution in [0.25, 0.3) is 5.65 Å². The monoisotopic (exact) mass is 205 g/mol. The van der Waals surface area contributed by atoms with E-state index in [0.717, 1.165) is 17.0 Å². The Hall–Kier alpha value is -1.91. The molecule has 0 aromatic carbocycles. The average Bonchev–Trinajstić information content (AvgIpc) is 2.53. The van der Waals surface area contributed by atoms with Crippen molar-refractivity contribution >= 4 is 11.6 Å². The van der Waals surface area contributed by atoms with Gasteiger partial charge in [0.2, 0.25) is 0 Å². The summed E-state index contributed by atoms with van der Waals surface area (Å²) < 4.78 is 1.67. The number of rotatable bonds is 3. The third kappa shape index (κ3) is 2.12. The van der Waals surface area contributed by atoms with Crippen LogP contribution in [-0.2, 0) is 11.2 Å². The third-order valence-corrected chi connectivity index (χ3v) is 2.09. The lowest BCUT2D eigenvalue weighted by Crippen LogP contribution is -2.01. The summed E-state index contributed by atoms with van der Waals surface area (Å²) in [5, 5.41) is 12.8. The third-order valence-electron chi connectivity index (χ3n) is 2.09. The molecule has 0 spiro atoms. The fraction of sp³-hybridized carbons (Fsp3) is 0.300. The first-order chi connectivity index (χ1) is 7.15. The number of carboxylic acids is 1. The summed E-state index contributed by atoms with van der Waals surface area (Å²) in [5.41, 5.74) is 2.45. The molecule has 5 nitrogen and oxygen atoms in total. The van der Waals surface area contributed by atoms with Crippen molar-refractivity contribution in [3.63, 3.8) is 0 Å². The number of nitrogens with zero attached hydrogens (tertiary/aromatic N) is 3. The maximum Gasteiger partial charge on any atom is 0.303 e. The molecule has 2 rings (SSSR count). The molecule has 2 heterocycles. The maximum atomic E-state index is 10.4. The van der Waals surface area contributed by atoms with Crippen LogP contribution in [0.4, 0.5) is 0 Å². The molecule has 0 atom stereocenters. The zero-order chi connectivity index (χ0) is 10.8. The second-order valence-electron chi connectivity index (χ2n) is 3.40. The molecule has 0 aliphatic heterocycles. The molecule has 1 N–H and O–H groups in total. The quantitative estimate of drug-likeness (QED) is 0.813. The highest BCUT2D eigenvalue weighted by atomic mass is 16.4. The van der Waals surface area contributed by atoms with Gasteiger partial charge < -0.3 is 5.11 Å². The van der Waals surface area contributed by atoms with E-state index in [0.29, 0.717) is 6.42 Å². The van der Waals surface area contributed by atoms with Crippen LogP contribution >= 0.6 is 0 Å². The minimum absolute atomic E-state index is 0.103. The normalized spacial score (nSPS) is 10.7. The number of imidazole rings is 1. The molecule has 0 aliphatic carbocycles. The Morgan fingerprint density at radius 3 is 3.07 bits per heavy atom. The van der Waals surface area contributed by atoms with Crippen LogP contribution in [-0.4, -0.2) is 25.7 Å². The summed E-state index contributed by atoms with van der Waals surface area (Å²) in [4.78, 5) is 14.6. The Labute approximate surface area is 86.4 Å². The Kier molecular flexibility index (Phi) is 2.37. The van der Waals surface area contributed by atoms with Gasteiger partial charge in [0.25, 0.3) is 0 Å². The number of hydrogen-bond donors (Lipinski definition) is 1. The van der Waals surface area contributed by atoms with Crippen LogP contribution in [0.3, 0.4) is 0 Å². The van der Waals surface area contributed by atoms with Gasteiger partial charge in [-0.05, 0) is 19.1 Å². The summed E-state index contributed by atoms with van der Waals surface area (Å²) >= 11 is 0. The van der Waals surface area contributed by atoms with Crippen molar-refractivity contribution < 1.29 is 9.90 Å². The molecule has 0 bridgehead atoms. The number of carboxylic acid groups (broad SMARTS) is 1. The second-order valence-corrected chi connectivity index (χ2v) is 3.40. The van der Waals surface area contributed by atoms with E-state index in [1.54, 1.807) is 4.52 Å². The van der Waals surface area contributed by atoms with Gasteiger partial charge in [0.05, 0.1) is 24.0 Å². The molecule has 0 fully saturated rings. The molecule has 78 valence electrons.